The second-order valence-corrected chi connectivity index (χ2v) is 16.8. The minimum atomic E-state index is -0.560. The maximum Gasteiger partial charge on any atom is 0.125 e. The normalized spacial score (nSPS) is 14.1. The van der Waals surface area contributed by atoms with Gasteiger partial charge in [0.15, 0.2) is 0 Å². The van der Waals surface area contributed by atoms with Gasteiger partial charge in [-0.3, -0.25) is 0 Å². The van der Waals surface area contributed by atoms with E-state index in [2.05, 4.69) is 41.5 Å². The molecule has 3 aromatic carbocycles. The quantitative estimate of drug-likeness (QED) is 0.0402. The Kier molecular flexibility index (Phi) is 29.8. The number of rotatable bonds is 30. The molecule has 5 unspecified atom stereocenters. The molecule has 5 atom stereocenters. The summed E-state index contributed by atoms with van der Waals surface area (Å²) in [5.41, 5.74) is -0.807. The maximum atomic E-state index is 9.96. The van der Waals surface area contributed by atoms with Gasteiger partial charge in [-0.1, -0.05) is 45.4 Å². The molecule has 0 amide bonds. The van der Waals surface area contributed by atoms with Crippen molar-refractivity contribution < 1.29 is 63.4 Å². The molecule has 0 aliphatic rings. The second-order valence-electron chi connectivity index (χ2n) is 16.8. The number of aromatic hydroxyl groups is 1. The van der Waals surface area contributed by atoms with Crippen LogP contribution in [0.2, 0.25) is 0 Å². The molecule has 0 aromatic heterocycles. The lowest BCUT2D eigenvalue weighted by Gasteiger charge is -2.33. The number of hydrogen-bond acceptors (Lipinski definition) is 13. The van der Waals surface area contributed by atoms with Crippen LogP contribution < -0.4 is 23.7 Å². The summed E-state index contributed by atoms with van der Waals surface area (Å²) in [5.74, 6) is 3.55. The number of hydrogen-bond donors (Lipinski definition) is 5. The van der Waals surface area contributed by atoms with Gasteiger partial charge in [-0.2, -0.15) is 0 Å². The van der Waals surface area contributed by atoms with Crippen molar-refractivity contribution in [2.45, 2.75) is 156 Å². The van der Waals surface area contributed by atoms with E-state index < -0.39 is 17.8 Å². The van der Waals surface area contributed by atoms with Crippen molar-refractivity contribution >= 4 is 0 Å². The summed E-state index contributed by atoms with van der Waals surface area (Å²) in [6, 6.07) is 22.1. The minimum absolute atomic E-state index is 0.139. The van der Waals surface area contributed by atoms with Crippen LogP contribution in [-0.4, -0.2) is 120 Å². The molecule has 0 fully saturated rings. The van der Waals surface area contributed by atoms with Crippen LogP contribution in [0.5, 0.6) is 34.5 Å². The fourth-order valence-corrected chi connectivity index (χ4v) is 5.33. The molecule has 0 radical (unpaired) electrons. The van der Waals surface area contributed by atoms with Crippen LogP contribution in [-0.2, 0) is 14.2 Å². The van der Waals surface area contributed by atoms with Crippen molar-refractivity contribution in [3.63, 3.8) is 0 Å². The van der Waals surface area contributed by atoms with Gasteiger partial charge in [0, 0.05) is 50.5 Å². The molecule has 3 aromatic rings. The zero-order valence-electron chi connectivity index (χ0n) is 39.9. The van der Waals surface area contributed by atoms with E-state index in [4.69, 9.17) is 53.2 Å². The Morgan fingerprint density at radius 2 is 1.02 bits per heavy atom. The molecule has 0 saturated carbocycles. The van der Waals surface area contributed by atoms with Gasteiger partial charge in [-0.25, -0.2) is 0 Å². The Morgan fingerprint density at radius 1 is 0.556 bits per heavy atom. The number of phenolic OH excluding ortho intramolecular Hbond substituents is 1. The maximum absolute atomic E-state index is 9.96. The van der Waals surface area contributed by atoms with Gasteiger partial charge in [-0.15, -0.1) is 0 Å². The van der Waals surface area contributed by atoms with E-state index in [-0.39, 0.29) is 49.5 Å². The molecule has 13 heteroatoms. The predicted octanol–water partition coefficient (Wildman–Crippen LogP) is 8.93. The lowest BCUT2D eigenvalue weighted by atomic mass is 9.95. The molecular formula is C50H82O13. The summed E-state index contributed by atoms with van der Waals surface area (Å²) in [5, 5.41) is 43.4. The van der Waals surface area contributed by atoms with Gasteiger partial charge in [0.25, 0.3) is 0 Å². The summed E-state index contributed by atoms with van der Waals surface area (Å²) < 4.78 is 49.3. The van der Waals surface area contributed by atoms with Crippen LogP contribution in [0.3, 0.4) is 0 Å². The first-order valence-electron chi connectivity index (χ1n) is 22.6. The Balaban J connectivity index is 0.00000200. The van der Waals surface area contributed by atoms with Crippen molar-refractivity contribution in [2.24, 2.45) is 0 Å². The molecule has 3 rings (SSSR count). The zero-order chi connectivity index (χ0) is 47.1. The number of benzene rings is 3. The van der Waals surface area contributed by atoms with Gasteiger partial charge in [0.2, 0.25) is 0 Å². The molecule has 0 saturated heterocycles. The topological polar surface area (TPSA) is 175 Å². The Labute approximate surface area is 378 Å². The highest BCUT2D eigenvalue weighted by atomic mass is 16.6. The minimum Gasteiger partial charge on any atom is -0.508 e. The van der Waals surface area contributed by atoms with Gasteiger partial charge in [-0.05, 0) is 117 Å². The number of ether oxygens (including phenoxy) is 8. The molecule has 63 heavy (non-hydrogen) atoms. The first-order valence-corrected chi connectivity index (χ1v) is 22.6. The van der Waals surface area contributed by atoms with Crippen molar-refractivity contribution in [2.75, 3.05) is 52.9 Å². The van der Waals surface area contributed by atoms with Crippen molar-refractivity contribution in [1.82, 2.24) is 0 Å². The fraction of sp³-hybridized carbons (Fsp3) is 0.640. The monoisotopic (exact) mass is 891 g/mol. The van der Waals surface area contributed by atoms with Crippen LogP contribution in [0.1, 0.15) is 114 Å². The van der Waals surface area contributed by atoms with Crippen molar-refractivity contribution in [3.8, 4) is 34.5 Å². The van der Waals surface area contributed by atoms with E-state index in [1.54, 1.807) is 39.0 Å². The second kappa shape index (κ2) is 32.8. The van der Waals surface area contributed by atoms with Crippen molar-refractivity contribution in [1.29, 1.82) is 0 Å². The first kappa shape index (κ1) is 57.2. The average Bonchev–Trinajstić information content (AvgIpc) is 3.23. The van der Waals surface area contributed by atoms with Gasteiger partial charge in [0.1, 0.15) is 71.6 Å². The van der Waals surface area contributed by atoms with Crippen molar-refractivity contribution in [3.05, 3.63) is 72.8 Å². The molecular weight excluding hydrogens is 809 g/mol. The van der Waals surface area contributed by atoms with E-state index in [0.29, 0.717) is 62.5 Å². The Bertz CT molecular complexity index is 1560. The lowest BCUT2D eigenvalue weighted by molar-refractivity contribution is -0.0377. The Morgan fingerprint density at radius 3 is 1.51 bits per heavy atom. The molecule has 0 heterocycles. The summed E-state index contributed by atoms with van der Waals surface area (Å²) in [6.07, 6.45) is 4.07. The van der Waals surface area contributed by atoms with E-state index in [9.17, 15) is 10.2 Å². The standard InChI is InChI=1S/C44H66O10.C3H8O2.C3H8O/c1-8-11-24-48-41(29-44(7,10-3)54-39-21-14-17-35(46)26-39)31-50-36-18-15-19-37(27-36)51-32-42(49-25-13-12-23-47-30-34(4)45)33-52-38-20-16-22-40(28-38)53-43(5,6)9-2;1-3(5)2-4;1-3(2)4/h14-22,26-28,34,41-42,45-46H,8-13,23-25,29-33H2,1-7H3;3-5H,2H2,1H3;3-4H,1-2H3. The highest BCUT2D eigenvalue weighted by Crippen LogP contribution is 2.30. The molecule has 0 bridgehead atoms. The van der Waals surface area contributed by atoms with E-state index in [1.165, 1.54) is 6.92 Å². The number of aliphatic hydroxyl groups excluding tert-OH is 4. The largest absolute Gasteiger partial charge is 0.508 e. The van der Waals surface area contributed by atoms with E-state index >= 15 is 0 Å². The van der Waals surface area contributed by atoms with Crippen LogP contribution in [0.25, 0.3) is 0 Å². The van der Waals surface area contributed by atoms with Gasteiger partial charge >= 0.3 is 0 Å². The van der Waals surface area contributed by atoms with E-state index in [0.717, 1.165) is 44.3 Å². The average molecular weight is 891 g/mol. The van der Waals surface area contributed by atoms with Crippen LogP contribution >= 0.6 is 0 Å². The van der Waals surface area contributed by atoms with Crippen LogP contribution in [0.4, 0.5) is 0 Å². The van der Waals surface area contributed by atoms with Gasteiger partial charge in [0.05, 0.1) is 31.5 Å². The summed E-state index contributed by atoms with van der Waals surface area (Å²) in [4.78, 5) is 0. The smallest absolute Gasteiger partial charge is 0.125 e. The summed E-state index contributed by atoms with van der Waals surface area (Å²) >= 11 is 0. The highest BCUT2D eigenvalue weighted by Gasteiger charge is 2.30. The SMILES string of the molecule is CC(C)O.CC(O)CO.CCCCOC(COc1cccc(OCC(COc2cccc(OC(C)(C)CC)c2)OCCCCOCC(C)O)c1)CC(C)(CC)Oc1cccc(O)c1. The van der Waals surface area contributed by atoms with Crippen LogP contribution in [0, 0.1) is 0 Å². The molecule has 0 aliphatic heterocycles. The third-order valence-electron chi connectivity index (χ3n) is 9.26. The predicted molar refractivity (Wildman–Crippen MR) is 249 cm³/mol. The molecule has 5 N–H and O–H groups in total. The summed E-state index contributed by atoms with van der Waals surface area (Å²) in [7, 11) is 0. The lowest BCUT2D eigenvalue weighted by Crippen LogP contribution is -2.39. The summed E-state index contributed by atoms with van der Waals surface area (Å²) in [6.45, 7) is 22.0. The number of unbranched alkanes of at least 4 members (excludes halogenated alkanes) is 2. The van der Waals surface area contributed by atoms with E-state index in [1.807, 2.05) is 54.6 Å². The molecule has 0 aliphatic carbocycles. The van der Waals surface area contributed by atoms with Gasteiger partial charge < -0.3 is 63.4 Å². The molecule has 13 nitrogen and oxygen atoms in total. The third kappa shape index (κ3) is 29.3. The zero-order valence-corrected chi connectivity index (χ0v) is 39.9. The van der Waals surface area contributed by atoms with Crippen LogP contribution in [0.15, 0.2) is 72.8 Å². The first-order chi connectivity index (χ1) is 29.9. The number of phenols is 1. The highest BCUT2D eigenvalue weighted by molar-refractivity contribution is 5.34. The molecule has 0 spiro atoms. The third-order valence-corrected chi connectivity index (χ3v) is 9.26. The fourth-order valence-electron chi connectivity index (χ4n) is 5.33. The number of aliphatic hydroxyl groups is 4. The molecule has 360 valence electrons. The Hall–Kier alpha value is -3.82.